The lowest BCUT2D eigenvalue weighted by Crippen LogP contribution is -2.48. The van der Waals surface area contributed by atoms with Crippen LogP contribution in [0.4, 0.5) is 0 Å². The van der Waals surface area contributed by atoms with Crippen LogP contribution in [0.15, 0.2) is 4.52 Å². The highest BCUT2D eigenvalue weighted by atomic mass is 16.5. The van der Waals surface area contributed by atoms with Crippen molar-refractivity contribution in [3.63, 3.8) is 0 Å². The second kappa shape index (κ2) is 7.98. The van der Waals surface area contributed by atoms with Crippen molar-refractivity contribution in [2.24, 2.45) is 11.8 Å². The molecule has 2 amide bonds. The first-order valence-corrected chi connectivity index (χ1v) is 10.5. The molecule has 1 aliphatic heterocycles. The molecule has 2 saturated carbocycles. The summed E-state index contributed by atoms with van der Waals surface area (Å²) in [5.41, 5.74) is 0. The maximum Gasteiger partial charge on any atom is 0.233 e. The summed E-state index contributed by atoms with van der Waals surface area (Å²) in [6.07, 6.45) is 9.61. The summed E-state index contributed by atoms with van der Waals surface area (Å²) in [4.78, 5) is 32.4. The number of carbonyl (C=O) groups is 2. The van der Waals surface area contributed by atoms with Gasteiger partial charge in [0.1, 0.15) is 0 Å². The third kappa shape index (κ3) is 4.50. The van der Waals surface area contributed by atoms with E-state index in [1.54, 1.807) is 4.90 Å². The molecular weight excluding hydrogens is 344 g/mol. The van der Waals surface area contributed by atoms with E-state index in [9.17, 15) is 9.59 Å². The normalized spacial score (nSPS) is 20.7. The van der Waals surface area contributed by atoms with E-state index in [0.717, 1.165) is 25.2 Å². The van der Waals surface area contributed by atoms with Crippen molar-refractivity contribution >= 4 is 11.8 Å². The molecule has 1 aromatic rings. The minimum absolute atomic E-state index is 0.160. The molecule has 2 aliphatic carbocycles. The van der Waals surface area contributed by atoms with E-state index in [1.807, 2.05) is 11.9 Å². The SMILES string of the molecule is CN(CCc1noc(C2CN(C(=O)CCC3CCCC3)C2)n1)C(=O)C1CC1. The first-order valence-electron chi connectivity index (χ1n) is 10.5. The van der Waals surface area contributed by atoms with Crippen molar-refractivity contribution < 1.29 is 14.1 Å². The smallest absolute Gasteiger partial charge is 0.233 e. The third-order valence-electron chi connectivity index (χ3n) is 6.28. The molecule has 148 valence electrons. The van der Waals surface area contributed by atoms with Gasteiger partial charge in [-0.1, -0.05) is 30.8 Å². The Kier molecular flexibility index (Phi) is 5.45. The number of rotatable bonds is 8. The highest BCUT2D eigenvalue weighted by Crippen LogP contribution is 2.31. The van der Waals surface area contributed by atoms with Gasteiger partial charge in [-0.25, -0.2) is 0 Å². The van der Waals surface area contributed by atoms with Crippen LogP contribution in [-0.4, -0.2) is 58.4 Å². The number of likely N-dealkylation sites (tertiary alicyclic amines) is 1. The topological polar surface area (TPSA) is 79.5 Å². The first-order chi connectivity index (χ1) is 13.1. The number of likely N-dealkylation sites (N-methyl/N-ethyl adjacent to an activating group) is 1. The van der Waals surface area contributed by atoms with Crippen molar-refractivity contribution in [1.82, 2.24) is 19.9 Å². The number of carbonyl (C=O) groups excluding carboxylic acids is 2. The van der Waals surface area contributed by atoms with Crippen LogP contribution in [-0.2, 0) is 16.0 Å². The zero-order valence-electron chi connectivity index (χ0n) is 16.2. The Hall–Kier alpha value is -1.92. The summed E-state index contributed by atoms with van der Waals surface area (Å²) >= 11 is 0. The Morgan fingerprint density at radius 3 is 2.63 bits per heavy atom. The molecule has 1 saturated heterocycles. The number of amides is 2. The predicted octanol–water partition coefficient (Wildman–Crippen LogP) is 2.38. The van der Waals surface area contributed by atoms with Crippen LogP contribution in [0.25, 0.3) is 0 Å². The highest BCUT2D eigenvalue weighted by molar-refractivity contribution is 5.80. The molecule has 0 bridgehead atoms. The summed E-state index contributed by atoms with van der Waals surface area (Å²) in [6, 6.07) is 0. The van der Waals surface area contributed by atoms with Gasteiger partial charge in [-0.15, -0.1) is 0 Å². The summed E-state index contributed by atoms with van der Waals surface area (Å²) in [7, 11) is 1.84. The quantitative estimate of drug-likeness (QED) is 0.698. The molecule has 0 aromatic carbocycles. The van der Waals surface area contributed by atoms with Gasteiger partial charge >= 0.3 is 0 Å². The largest absolute Gasteiger partial charge is 0.345 e. The van der Waals surface area contributed by atoms with Gasteiger partial charge in [0.2, 0.25) is 17.7 Å². The van der Waals surface area contributed by atoms with Crippen LogP contribution in [0.2, 0.25) is 0 Å². The molecule has 7 heteroatoms. The van der Waals surface area contributed by atoms with Gasteiger partial charge in [0.25, 0.3) is 0 Å². The van der Waals surface area contributed by atoms with Crippen LogP contribution in [0.3, 0.4) is 0 Å². The Morgan fingerprint density at radius 2 is 1.93 bits per heavy atom. The average Bonchev–Trinajstić information content (AvgIpc) is 3.14. The van der Waals surface area contributed by atoms with Crippen molar-refractivity contribution in [3.8, 4) is 0 Å². The van der Waals surface area contributed by atoms with Gasteiger partial charge < -0.3 is 14.3 Å². The summed E-state index contributed by atoms with van der Waals surface area (Å²) in [6.45, 7) is 1.99. The molecule has 3 fully saturated rings. The average molecular weight is 374 g/mol. The van der Waals surface area contributed by atoms with Crippen molar-refractivity contribution in [1.29, 1.82) is 0 Å². The molecule has 2 heterocycles. The van der Waals surface area contributed by atoms with E-state index in [1.165, 1.54) is 25.7 Å². The maximum atomic E-state index is 12.3. The van der Waals surface area contributed by atoms with Crippen molar-refractivity contribution in [3.05, 3.63) is 11.7 Å². The molecule has 4 rings (SSSR count). The van der Waals surface area contributed by atoms with E-state index in [0.29, 0.717) is 44.2 Å². The molecule has 1 aromatic heterocycles. The molecule has 0 radical (unpaired) electrons. The first kappa shape index (κ1) is 18.4. The fraction of sp³-hybridized carbons (Fsp3) is 0.800. The van der Waals surface area contributed by atoms with Crippen molar-refractivity contribution in [2.75, 3.05) is 26.7 Å². The number of aromatic nitrogens is 2. The standard InChI is InChI=1S/C20H30N4O3/c1-23(20(26)15-7-8-15)11-10-17-21-19(27-22-17)16-12-24(13-16)18(25)9-6-14-4-2-3-5-14/h14-16H,2-13H2,1H3. The number of nitrogens with zero attached hydrogens (tertiary/aromatic N) is 4. The van der Waals surface area contributed by atoms with Gasteiger partial charge in [-0.05, 0) is 25.2 Å². The van der Waals surface area contributed by atoms with Gasteiger partial charge in [-0.3, -0.25) is 9.59 Å². The van der Waals surface area contributed by atoms with E-state index in [4.69, 9.17) is 4.52 Å². The lowest BCUT2D eigenvalue weighted by molar-refractivity contribution is -0.136. The highest BCUT2D eigenvalue weighted by Gasteiger charge is 2.36. The Labute approximate surface area is 160 Å². The predicted molar refractivity (Wildman–Crippen MR) is 98.9 cm³/mol. The van der Waals surface area contributed by atoms with Gasteiger partial charge in [-0.2, -0.15) is 4.98 Å². The molecule has 0 unspecified atom stereocenters. The Balaban J connectivity index is 1.17. The van der Waals surface area contributed by atoms with E-state index in [-0.39, 0.29) is 23.7 Å². The van der Waals surface area contributed by atoms with Crippen LogP contribution < -0.4 is 0 Å². The molecule has 0 spiro atoms. The zero-order chi connectivity index (χ0) is 18.8. The minimum Gasteiger partial charge on any atom is -0.345 e. The zero-order valence-corrected chi connectivity index (χ0v) is 16.2. The summed E-state index contributed by atoms with van der Waals surface area (Å²) in [5.74, 6) is 2.92. The Morgan fingerprint density at radius 1 is 1.19 bits per heavy atom. The van der Waals surface area contributed by atoms with Gasteiger partial charge in [0.05, 0.1) is 5.92 Å². The van der Waals surface area contributed by atoms with E-state index in [2.05, 4.69) is 10.1 Å². The second-order valence-electron chi connectivity index (χ2n) is 8.52. The molecule has 0 N–H and O–H groups in total. The van der Waals surface area contributed by atoms with Crippen LogP contribution in [0, 0.1) is 11.8 Å². The van der Waals surface area contributed by atoms with Crippen LogP contribution in [0.5, 0.6) is 0 Å². The van der Waals surface area contributed by atoms with Crippen LogP contribution in [0.1, 0.15) is 69.0 Å². The second-order valence-corrected chi connectivity index (χ2v) is 8.52. The maximum absolute atomic E-state index is 12.3. The molecule has 7 nitrogen and oxygen atoms in total. The summed E-state index contributed by atoms with van der Waals surface area (Å²) in [5, 5.41) is 4.04. The lowest BCUT2D eigenvalue weighted by Gasteiger charge is -2.37. The van der Waals surface area contributed by atoms with Crippen LogP contribution >= 0.6 is 0 Å². The van der Waals surface area contributed by atoms with E-state index < -0.39 is 0 Å². The molecular formula is C20H30N4O3. The molecule has 3 aliphatic rings. The number of hydrogen-bond acceptors (Lipinski definition) is 5. The van der Waals surface area contributed by atoms with Gasteiger partial charge in [0, 0.05) is 45.4 Å². The van der Waals surface area contributed by atoms with Gasteiger partial charge in [0.15, 0.2) is 5.82 Å². The molecule has 27 heavy (non-hydrogen) atoms. The molecule has 0 atom stereocenters. The third-order valence-corrected chi connectivity index (χ3v) is 6.28. The number of hydrogen-bond donors (Lipinski definition) is 0. The fourth-order valence-electron chi connectivity index (χ4n) is 4.18. The Bertz CT molecular complexity index is 673. The van der Waals surface area contributed by atoms with Crippen molar-refractivity contribution in [2.45, 2.75) is 63.7 Å². The fourth-order valence-corrected chi connectivity index (χ4v) is 4.18. The monoisotopic (exact) mass is 374 g/mol. The minimum atomic E-state index is 0.160. The summed E-state index contributed by atoms with van der Waals surface area (Å²) < 4.78 is 5.39. The van der Waals surface area contributed by atoms with E-state index >= 15 is 0 Å². The lowest BCUT2D eigenvalue weighted by atomic mass is 9.97.